The lowest BCUT2D eigenvalue weighted by Crippen LogP contribution is -2.40. The zero-order valence-electron chi connectivity index (χ0n) is 17.2. The van der Waals surface area contributed by atoms with Gasteiger partial charge in [0.05, 0.1) is 5.56 Å². The van der Waals surface area contributed by atoms with Gasteiger partial charge in [-0.25, -0.2) is 4.79 Å². The van der Waals surface area contributed by atoms with E-state index in [0.717, 1.165) is 21.5 Å². The molecule has 4 amide bonds. The van der Waals surface area contributed by atoms with E-state index in [0.29, 0.717) is 16.8 Å². The minimum absolute atomic E-state index is 0.253. The van der Waals surface area contributed by atoms with Crippen LogP contribution < -0.4 is 16.0 Å². The number of carbonyl (C=O) groups is 3. The summed E-state index contributed by atoms with van der Waals surface area (Å²) in [5.41, 5.74) is 3.19. The van der Waals surface area contributed by atoms with Gasteiger partial charge in [-0.3, -0.25) is 14.9 Å². The lowest BCUT2D eigenvalue weighted by atomic mass is 9.92. The molecule has 1 aliphatic heterocycles. The van der Waals surface area contributed by atoms with Gasteiger partial charge in [-0.05, 0) is 62.7 Å². The molecule has 1 unspecified atom stereocenters. The van der Waals surface area contributed by atoms with Crippen molar-refractivity contribution in [3.8, 4) is 5.69 Å². The smallest absolute Gasteiger partial charge is 0.322 e. The van der Waals surface area contributed by atoms with E-state index in [1.54, 1.807) is 31.2 Å². The average Bonchev–Trinajstić information content (AvgIpc) is 3.16. The number of aromatic nitrogens is 1. The highest BCUT2D eigenvalue weighted by Gasteiger charge is 2.43. The highest BCUT2D eigenvalue weighted by molar-refractivity contribution is 9.10. The third-order valence-corrected chi connectivity index (χ3v) is 5.98. The molecule has 1 saturated heterocycles. The van der Waals surface area contributed by atoms with Crippen molar-refractivity contribution in [2.75, 3.05) is 5.32 Å². The first-order valence-corrected chi connectivity index (χ1v) is 10.5. The van der Waals surface area contributed by atoms with Crippen molar-refractivity contribution in [2.45, 2.75) is 26.3 Å². The summed E-state index contributed by atoms with van der Waals surface area (Å²) < 4.78 is 2.98. The molecule has 0 radical (unpaired) electrons. The Morgan fingerprint density at radius 1 is 1.06 bits per heavy atom. The van der Waals surface area contributed by atoms with E-state index in [9.17, 15) is 14.4 Å². The van der Waals surface area contributed by atoms with Crippen LogP contribution in [-0.4, -0.2) is 22.4 Å². The Morgan fingerprint density at radius 3 is 2.48 bits per heavy atom. The van der Waals surface area contributed by atoms with Crippen molar-refractivity contribution >= 4 is 39.5 Å². The molecule has 1 aliphatic rings. The third-order valence-electron chi connectivity index (χ3n) is 5.48. The summed E-state index contributed by atoms with van der Waals surface area (Å²) in [5, 5.41) is 7.78. The first-order valence-electron chi connectivity index (χ1n) is 9.69. The van der Waals surface area contributed by atoms with Gasteiger partial charge in [0.25, 0.3) is 11.8 Å². The maximum absolute atomic E-state index is 13.0. The lowest BCUT2D eigenvalue weighted by molar-refractivity contribution is -0.123. The minimum Gasteiger partial charge on any atom is -0.322 e. The van der Waals surface area contributed by atoms with E-state index in [-0.39, 0.29) is 5.91 Å². The number of amides is 4. The Morgan fingerprint density at radius 2 is 1.81 bits per heavy atom. The number of hydrogen-bond donors (Lipinski definition) is 3. The summed E-state index contributed by atoms with van der Waals surface area (Å²) in [5.74, 6) is -0.685. The summed E-state index contributed by atoms with van der Waals surface area (Å²) in [4.78, 5) is 36.8. The molecule has 3 N–H and O–H groups in total. The number of urea groups is 1. The van der Waals surface area contributed by atoms with Crippen molar-refractivity contribution in [2.24, 2.45) is 0 Å². The molecule has 158 valence electrons. The van der Waals surface area contributed by atoms with Gasteiger partial charge < -0.3 is 15.2 Å². The van der Waals surface area contributed by atoms with E-state index in [4.69, 9.17) is 0 Å². The van der Waals surface area contributed by atoms with Crippen LogP contribution in [0, 0.1) is 13.8 Å². The number of aryl methyl sites for hydroxylation is 1. The van der Waals surface area contributed by atoms with Crippen molar-refractivity contribution in [3.63, 3.8) is 0 Å². The summed E-state index contributed by atoms with van der Waals surface area (Å²) in [6.45, 7) is 5.48. The maximum atomic E-state index is 13.0. The van der Waals surface area contributed by atoms with Crippen molar-refractivity contribution in [1.29, 1.82) is 0 Å². The maximum Gasteiger partial charge on any atom is 0.322 e. The number of nitrogens with one attached hydrogen (secondary N) is 3. The fraction of sp³-hybridized carbons (Fsp3) is 0.174. The van der Waals surface area contributed by atoms with Gasteiger partial charge in [0, 0.05) is 27.2 Å². The molecule has 2 heterocycles. The van der Waals surface area contributed by atoms with Gasteiger partial charge in [0.1, 0.15) is 5.54 Å². The molecule has 3 aromatic rings. The van der Waals surface area contributed by atoms with E-state index >= 15 is 0 Å². The number of benzene rings is 2. The molecule has 8 heteroatoms. The molecule has 1 aromatic heterocycles. The molecule has 0 bridgehead atoms. The van der Waals surface area contributed by atoms with Crippen LogP contribution in [0.2, 0.25) is 0 Å². The highest BCUT2D eigenvalue weighted by Crippen LogP contribution is 2.28. The fourth-order valence-corrected chi connectivity index (χ4v) is 4.25. The van der Waals surface area contributed by atoms with E-state index < -0.39 is 17.5 Å². The van der Waals surface area contributed by atoms with Crippen LogP contribution in [0.1, 0.15) is 34.2 Å². The second kappa shape index (κ2) is 7.70. The summed E-state index contributed by atoms with van der Waals surface area (Å²) in [6, 6.07) is 16.1. The first-order chi connectivity index (χ1) is 14.7. The largest absolute Gasteiger partial charge is 0.322 e. The number of anilines is 1. The van der Waals surface area contributed by atoms with Crippen LogP contribution >= 0.6 is 15.9 Å². The topological polar surface area (TPSA) is 92.2 Å². The summed E-state index contributed by atoms with van der Waals surface area (Å²) >= 11 is 3.49. The molecule has 0 aliphatic carbocycles. The lowest BCUT2D eigenvalue weighted by Gasteiger charge is -2.21. The zero-order valence-corrected chi connectivity index (χ0v) is 18.8. The van der Waals surface area contributed by atoms with Gasteiger partial charge in [-0.15, -0.1) is 0 Å². The van der Waals surface area contributed by atoms with E-state index in [1.807, 2.05) is 48.7 Å². The Bertz CT molecular complexity index is 1230. The van der Waals surface area contributed by atoms with Gasteiger partial charge in [-0.2, -0.15) is 0 Å². The normalized spacial score (nSPS) is 17.9. The number of imide groups is 1. The van der Waals surface area contributed by atoms with Gasteiger partial charge in [0.2, 0.25) is 0 Å². The van der Waals surface area contributed by atoms with Gasteiger partial charge in [0.15, 0.2) is 0 Å². The Labute approximate surface area is 188 Å². The molecule has 1 atom stereocenters. The molecule has 1 fully saturated rings. The summed E-state index contributed by atoms with van der Waals surface area (Å²) in [6.07, 6.45) is 0. The molecule has 4 rings (SSSR count). The van der Waals surface area contributed by atoms with Crippen molar-refractivity contribution in [3.05, 3.63) is 81.6 Å². The molecule has 0 spiro atoms. The van der Waals surface area contributed by atoms with Crippen LogP contribution in [0.4, 0.5) is 10.5 Å². The van der Waals surface area contributed by atoms with Gasteiger partial charge >= 0.3 is 6.03 Å². The number of rotatable bonds is 4. The molecule has 2 aromatic carbocycles. The second-order valence-electron chi connectivity index (χ2n) is 7.67. The highest BCUT2D eigenvalue weighted by atomic mass is 79.9. The number of nitrogens with zero attached hydrogens (tertiary/aromatic N) is 1. The Kier molecular flexibility index (Phi) is 5.18. The monoisotopic (exact) mass is 480 g/mol. The van der Waals surface area contributed by atoms with Crippen LogP contribution in [0.3, 0.4) is 0 Å². The summed E-state index contributed by atoms with van der Waals surface area (Å²) in [7, 11) is 0. The van der Waals surface area contributed by atoms with E-state index in [1.165, 1.54) is 0 Å². The number of halogens is 1. The van der Waals surface area contributed by atoms with Crippen molar-refractivity contribution in [1.82, 2.24) is 15.2 Å². The van der Waals surface area contributed by atoms with Crippen molar-refractivity contribution < 1.29 is 14.4 Å². The molecule has 31 heavy (non-hydrogen) atoms. The standard InChI is InChI=1S/C23H21BrN4O3/c1-13-10-19(14(2)28(13)18-9-5-7-16(24)12-18)20(29)25-17-8-4-6-15(11-17)23(3)21(30)26-22(31)27-23/h4-12H,1-3H3,(H,25,29)(H2,26,27,30,31). The SMILES string of the molecule is Cc1cc(C(=O)Nc2cccc(C3(C)NC(=O)NC3=O)c2)c(C)n1-c1cccc(Br)c1. The zero-order chi connectivity index (χ0) is 22.3. The Hall–Kier alpha value is -3.39. The minimum atomic E-state index is -1.19. The number of carbonyl (C=O) groups excluding carboxylic acids is 3. The quantitative estimate of drug-likeness (QED) is 0.489. The molecular weight excluding hydrogens is 460 g/mol. The van der Waals surface area contributed by atoms with Crippen LogP contribution in [0.25, 0.3) is 5.69 Å². The molecule has 7 nitrogen and oxygen atoms in total. The van der Waals surface area contributed by atoms with Gasteiger partial charge in [-0.1, -0.05) is 34.1 Å². The average molecular weight is 481 g/mol. The van der Waals surface area contributed by atoms with E-state index in [2.05, 4.69) is 31.9 Å². The predicted molar refractivity (Wildman–Crippen MR) is 121 cm³/mol. The fourth-order valence-electron chi connectivity index (χ4n) is 3.86. The third kappa shape index (κ3) is 3.74. The van der Waals surface area contributed by atoms with Crippen LogP contribution in [-0.2, 0) is 10.3 Å². The Balaban J connectivity index is 1.62. The molecule has 0 saturated carbocycles. The van der Waals surface area contributed by atoms with Crippen LogP contribution in [0.5, 0.6) is 0 Å². The molecular formula is C23H21BrN4O3. The van der Waals surface area contributed by atoms with Crippen LogP contribution in [0.15, 0.2) is 59.1 Å². The first kappa shape index (κ1) is 20.9. The second-order valence-corrected chi connectivity index (χ2v) is 8.58. The predicted octanol–water partition coefficient (Wildman–Crippen LogP) is 4.16. The number of hydrogen-bond acceptors (Lipinski definition) is 3.